The van der Waals surface area contributed by atoms with Gasteiger partial charge in [-0.05, 0) is 31.2 Å². The van der Waals surface area contributed by atoms with E-state index < -0.39 is 0 Å². The fourth-order valence-corrected chi connectivity index (χ4v) is 1.86. The van der Waals surface area contributed by atoms with Crippen LogP contribution in [-0.4, -0.2) is 37.4 Å². The third-order valence-electron chi connectivity index (χ3n) is 2.92. The molecular weight excluding hydrogens is 278 g/mol. The topological polar surface area (TPSA) is 75.4 Å². The molecule has 1 atom stereocenters. The van der Waals surface area contributed by atoms with Gasteiger partial charge in [0.1, 0.15) is 0 Å². The van der Waals surface area contributed by atoms with Crippen LogP contribution in [-0.2, 0) is 4.79 Å². The Hall–Kier alpha value is -1.59. The summed E-state index contributed by atoms with van der Waals surface area (Å²) in [6.07, 6.45) is 0.587. The predicted molar refractivity (Wildman–Crippen MR) is 80.9 cm³/mol. The number of rotatable bonds is 5. The van der Waals surface area contributed by atoms with Crippen molar-refractivity contribution in [2.24, 2.45) is 11.7 Å². The largest absolute Gasteiger partial charge is 0.345 e. The second-order valence-electron chi connectivity index (χ2n) is 4.86. The first-order chi connectivity index (χ1) is 9.36. The Morgan fingerprint density at radius 1 is 1.40 bits per heavy atom. The lowest BCUT2D eigenvalue weighted by atomic mass is 10.1. The van der Waals surface area contributed by atoms with Crippen LogP contribution in [0.25, 0.3) is 0 Å². The highest BCUT2D eigenvalue weighted by atomic mass is 35.5. The van der Waals surface area contributed by atoms with Gasteiger partial charge in [-0.2, -0.15) is 0 Å². The number of carbonyl (C=O) groups is 2. The molecule has 110 valence electrons. The zero-order chi connectivity index (χ0) is 15.3. The minimum atomic E-state index is -0.221. The second-order valence-corrected chi connectivity index (χ2v) is 5.29. The van der Waals surface area contributed by atoms with Gasteiger partial charge in [0.05, 0.1) is 11.3 Å². The maximum absolute atomic E-state index is 12.1. The van der Waals surface area contributed by atoms with Gasteiger partial charge < -0.3 is 16.0 Å². The lowest BCUT2D eigenvalue weighted by Crippen LogP contribution is -2.26. The van der Waals surface area contributed by atoms with Gasteiger partial charge in [-0.25, -0.2) is 0 Å². The van der Waals surface area contributed by atoms with Crippen LogP contribution in [0.4, 0.5) is 5.69 Å². The Bertz CT molecular complexity index is 503. The third kappa shape index (κ3) is 4.21. The van der Waals surface area contributed by atoms with Gasteiger partial charge in [0, 0.05) is 25.0 Å². The van der Waals surface area contributed by atoms with Crippen LogP contribution in [0.2, 0.25) is 5.02 Å². The molecule has 1 rings (SSSR count). The average Bonchev–Trinajstić information content (AvgIpc) is 2.38. The van der Waals surface area contributed by atoms with Crippen LogP contribution >= 0.6 is 11.6 Å². The van der Waals surface area contributed by atoms with Crippen LogP contribution in [0.3, 0.4) is 0 Å². The fraction of sp³-hybridized carbons (Fsp3) is 0.429. The molecule has 0 saturated carbocycles. The van der Waals surface area contributed by atoms with E-state index in [1.165, 1.54) is 4.90 Å². The number of hydrogen-bond donors (Lipinski definition) is 2. The second kappa shape index (κ2) is 7.26. The lowest BCUT2D eigenvalue weighted by molar-refractivity contribution is -0.119. The molecule has 2 amide bonds. The van der Waals surface area contributed by atoms with Crippen LogP contribution in [0.5, 0.6) is 0 Å². The number of nitrogens with zero attached hydrogens (tertiary/aromatic N) is 1. The third-order valence-corrected chi connectivity index (χ3v) is 3.16. The molecule has 0 bridgehead atoms. The number of hydrogen-bond acceptors (Lipinski definition) is 3. The van der Waals surface area contributed by atoms with Crippen LogP contribution < -0.4 is 11.1 Å². The molecule has 1 aromatic carbocycles. The predicted octanol–water partition coefficient (Wildman–Crippen LogP) is 1.97. The minimum absolute atomic E-state index is 0.175. The molecule has 5 nitrogen and oxygen atoms in total. The highest BCUT2D eigenvalue weighted by molar-refractivity contribution is 6.31. The van der Waals surface area contributed by atoms with Gasteiger partial charge in [-0.1, -0.05) is 18.5 Å². The summed E-state index contributed by atoms with van der Waals surface area (Å²) in [7, 11) is 3.30. The molecule has 0 aliphatic carbocycles. The first-order valence-electron chi connectivity index (χ1n) is 6.39. The van der Waals surface area contributed by atoms with Gasteiger partial charge >= 0.3 is 0 Å². The summed E-state index contributed by atoms with van der Waals surface area (Å²) in [5.74, 6) is -0.588. The quantitative estimate of drug-likeness (QED) is 0.872. The highest BCUT2D eigenvalue weighted by Gasteiger charge is 2.18. The van der Waals surface area contributed by atoms with Crippen molar-refractivity contribution >= 4 is 29.1 Å². The van der Waals surface area contributed by atoms with Gasteiger partial charge in [0.15, 0.2) is 0 Å². The zero-order valence-electron chi connectivity index (χ0n) is 11.9. The van der Waals surface area contributed by atoms with E-state index in [2.05, 4.69) is 5.32 Å². The standard InChI is InChI=1S/C14H20ClN3O2/c1-9(6-7-16)13(19)17-12-8-10(15)4-5-11(12)14(20)18(2)3/h4-5,8-9H,6-7,16H2,1-3H3,(H,17,19). The number of benzene rings is 1. The summed E-state index contributed by atoms with van der Waals surface area (Å²) in [6, 6.07) is 4.80. The molecule has 20 heavy (non-hydrogen) atoms. The van der Waals surface area contributed by atoms with Crippen molar-refractivity contribution in [2.75, 3.05) is 26.0 Å². The van der Waals surface area contributed by atoms with E-state index >= 15 is 0 Å². The molecule has 0 spiro atoms. The first-order valence-corrected chi connectivity index (χ1v) is 6.76. The Kier molecular flexibility index (Phi) is 5.98. The molecule has 3 N–H and O–H groups in total. The molecular formula is C14H20ClN3O2. The Morgan fingerprint density at radius 2 is 2.05 bits per heavy atom. The van der Waals surface area contributed by atoms with E-state index in [1.54, 1.807) is 39.2 Å². The highest BCUT2D eigenvalue weighted by Crippen LogP contribution is 2.23. The van der Waals surface area contributed by atoms with Crippen molar-refractivity contribution in [3.63, 3.8) is 0 Å². The Balaban J connectivity index is 3.01. The SMILES string of the molecule is CC(CCN)C(=O)Nc1cc(Cl)ccc1C(=O)N(C)C. The first kappa shape index (κ1) is 16.5. The molecule has 1 aromatic rings. The number of amides is 2. The van der Waals surface area contributed by atoms with Gasteiger partial charge in [0.25, 0.3) is 5.91 Å². The molecule has 0 aliphatic rings. The smallest absolute Gasteiger partial charge is 0.255 e. The average molecular weight is 298 g/mol. The summed E-state index contributed by atoms with van der Waals surface area (Å²) >= 11 is 5.93. The van der Waals surface area contributed by atoms with Crippen molar-refractivity contribution in [3.05, 3.63) is 28.8 Å². The molecule has 1 unspecified atom stereocenters. The maximum atomic E-state index is 12.1. The van der Waals surface area contributed by atoms with Crippen molar-refractivity contribution in [1.82, 2.24) is 4.90 Å². The van der Waals surface area contributed by atoms with E-state index in [0.717, 1.165) is 0 Å². The van der Waals surface area contributed by atoms with Gasteiger partial charge in [-0.3, -0.25) is 9.59 Å². The molecule has 0 aliphatic heterocycles. The van der Waals surface area contributed by atoms with E-state index in [0.29, 0.717) is 29.2 Å². The molecule has 6 heteroatoms. The summed E-state index contributed by atoms with van der Waals surface area (Å²) in [5.41, 5.74) is 6.27. The molecule has 0 heterocycles. The van der Waals surface area contributed by atoms with Crippen LogP contribution in [0, 0.1) is 5.92 Å². The lowest BCUT2D eigenvalue weighted by Gasteiger charge is -2.17. The van der Waals surface area contributed by atoms with E-state index in [1.807, 2.05) is 0 Å². The van der Waals surface area contributed by atoms with Gasteiger partial charge in [-0.15, -0.1) is 0 Å². The summed E-state index contributed by atoms with van der Waals surface area (Å²) < 4.78 is 0. The Labute approximate surface area is 124 Å². The number of nitrogens with two attached hydrogens (primary N) is 1. The van der Waals surface area contributed by atoms with Crippen LogP contribution in [0.1, 0.15) is 23.7 Å². The van der Waals surface area contributed by atoms with Crippen molar-refractivity contribution in [2.45, 2.75) is 13.3 Å². The van der Waals surface area contributed by atoms with Crippen LogP contribution in [0.15, 0.2) is 18.2 Å². The molecule has 0 saturated heterocycles. The minimum Gasteiger partial charge on any atom is -0.345 e. The monoisotopic (exact) mass is 297 g/mol. The molecule has 0 fully saturated rings. The van der Waals surface area contributed by atoms with Gasteiger partial charge in [0.2, 0.25) is 5.91 Å². The zero-order valence-corrected chi connectivity index (χ0v) is 12.7. The number of halogens is 1. The van der Waals surface area contributed by atoms with E-state index in [-0.39, 0.29) is 17.7 Å². The van der Waals surface area contributed by atoms with E-state index in [9.17, 15) is 9.59 Å². The molecule has 0 aromatic heterocycles. The van der Waals surface area contributed by atoms with Crippen molar-refractivity contribution in [3.8, 4) is 0 Å². The number of nitrogens with one attached hydrogen (secondary N) is 1. The summed E-state index contributed by atoms with van der Waals surface area (Å²) in [4.78, 5) is 25.5. The summed E-state index contributed by atoms with van der Waals surface area (Å²) in [5, 5.41) is 3.21. The van der Waals surface area contributed by atoms with Crippen molar-refractivity contribution in [1.29, 1.82) is 0 Å². The number of anilines is 1. The Morgan fingerprint density at radius 3 is 2.60 bits per heavy atom. The summed E-state index contributed by atoms with van der Waals surface area (Å²) in [6.45, 7) is 2.23. The maximum Gasteiger partial charge on any atom is 0.255 e. The van der Waals surface area contributed by atoms with E-state index in [4.69, 9.17) is 17.3 Å². The fourth-order valence-electron chi connectivity index (χ4n) is 1.68. The molecule has 0 radical (unpaired) electrons. The number of carbonyl (C=O) groups excluding carboxylic acids is 2. The normalized spacial score (nSPS) is 11.8. The van der Waals surface area contributed by atoms with Crippen molar-refractivity contribution < 1.29 is 9.59 Å².